The van der Waals surface area contributed by atoms with Crippen molar-refractivity contribution in [3.63, 3.8) is 0 Å². The van der Waals surface area contributed by atoms with Gasteiger partial charge >= 0.3 is 0 Å². The van der Waals surface area contributed by atoms with Crippen LogP contribution in [0.2, 0.25) is 0 Å². The topological polar surface area (TPSA) is 19.1 Å². The lowest BCUT2D eigenvalue weighted by Crippen LogP contribution is -2.24. The van der Waals surface area contributed by atoms with Crippen molar-refractivity contribution in [1.82, 2.24) is 9.13 Å². The number of thiophene rings is 1. The first kappa shape index (κ1) is 30.8. The van der Waals surface area contributed by atoms with E-state index in [1.165, 1.54) is 91.7 Å². The van der Waals surface area contributed by atoms with Crippen molar-refractivity contribution >= 4 is 75.1 Å². The minimum Gasteiger partial charge on any atom is -0.456 e. The molecule has 4 heteroatoms. The van der Waals surface area contributed by atoms with E-state index in [-0.39, 0.29) is 5.41 Å². The van der Waals surface area contributed by atoms with Gasteiger partial charge in [-0.15, -0.1) is 11.3 Å². The number of hydrogen-bond donors (Lipinski definition) is 0. The Morgan fingerprint density at radius 1 is 0.436 bits per heavy atom. The first-order chi connectivity index (χ1) is 27.0. The molecule has 260 valence electrons. The highest BCUT2D eigenvalue weighted by molar-refractivity contribution is 7.25. The van der Waals surface area contributed by atoms with Gasteiger partial charge in [0.2, 0.25) is 0 Å². The lowest BCUT2D eigenvalue weighted by atomic mass is 9.75. The second-order valence-corrected chi connectivity index (χ2v) is 16.4. The second-order valence-electron chi connectivity index (χ2n) is 15.3. The zero-order chi connectivity index (χ0) is 36.4. The highest BCUT2D eigenvalue weighted by Crippen LogP contribution is 2.53. The zero-order valence-electron chi connectivity index (χ0n) is 30.4. The fraction of sp³-hybridized carbons (Fsp3) is 0.0588. The van der Waals surface area contributed by atoms with E-state index in [0.29, 0.717) is 0 Å². The van der Waals surface area contributed by atoms with Gasteiger partial charge < -0.3 is 13.9 Å². The van der Waals surface area contributed by atoms with Gasteiger partial charge in [-0.2, -0.15) is 0 Å². The number of fused-ring (bicyclic) bond motifs is 12. The Labute approximate surface area is 321 Å². The maximum absolute atomic E-state index is 7.02. The summed E-state index contributed by atoms with van der Waals surface area (Å²) in [6.07, 6.45) is 0. The van der Waals surface area contributed by atoms with E-state index in [1.54, 1.807) is 0 Å². The first-order valence-corrected chi connectivity index (χ1v) is 19.7. The number of rotatable bonds is 3. The average molecular weight is 723 g/mol. The largest absolute Gasteiger partial charge is 0.456 e. The average Bonchev–Trinajstić information content (AvgIpc) is 3.88. The number of aromatic nitrogens is 2. The molecule has 0 fully saturated rings. The molecular weight excluding hydrogens is 689 g/mol. The molecule has 1 aliphatic rings. The standard InChI is InChI=1S/C51H34N2OS/c1-51(2)40-23-22-34(30-46(40)54-50-41(51)24-27-48-49(50)37-16-8-11-19-47(37)55-48)53-43-18-10-7-15-36(43)39-29-32(21-26-45(39)53)31-20-25-44-38(28-31)35-14-6-9-17-42(35)52(44)33-12-4-3-5-13-33/h3-30H,1-2H3. The molecular formula is C51H34N2OS. The van der Waals surface area contributed by atoms with Crippen molar-refractivity contribution in [2.24, 2.45) is 0 Å². The minimum atomic E-state index is -0.219. The third-order valence-electron chi connectivity index (χ3n) is 12.0. The van der Waals surface area contributed by atoms with Crippen LogP contribution < -0.4 is 4.74 Å². The zero-order valence-corrected chi connectivity index (χ0v) is 31.2. The fourth-order valence-electron chi connectivity index (χ4n) is 9.33. The van der Waals surface area contributed by atoms with Crippen LogP contribution in [0, 0.1) is 0 Å². The molecule has 3 aromatic heterocycles. The van der Waals surface area contributed by atoms with Crippen LogP contribution >= 0.6 is 11.3 Å². The third-order valence-corrected chi connectivity index (χ3v) is 13.1. The van der Waals surface area contributed by atoms with E-state index in [1.807, 2.05) is 11.3 Å². The lowest BCUT2D eigenvalue weighted by Gasteiger charge is -2.35. The predicted molar refractivity (Wildman–Crippen MR) is 232 cm³/mol. The van der Waals surface area contributed by atoms with Crippen molar-refractivity contribution in [3.8, 4) is 34.0 Å². The number of hydrogen-bond acceptors (Lipinski definition) is 2. The summed E-state index contributed by atoms with van der Waals surface area (Å²) < 4.78 is 14.3. The number of benzene rings is 8. The summed E-state index contributed by atoms with van der Waals surface area (Å²) in [5.41, 5.74) is 11.7. The highest BCUT2D eigenvalue weighted by atomic mass is 32.1. The molecule has 3 nitrogen and oxygen atoms in total. The third kappa shape index (κ3) is 4.31. The van der Waals surface area contributed by atoms with Crippen LogP contribution in [0.1, 0.15) is 25.0 Å². The van der Waals surface area contributed by atoms with E-state index in [9.17, 15) is 0 Å². The second kappa shape index (κ2) is 11.2. The highest BCUT2D eigenvalue weighted by Gasteiger charge is 2.36. The van der Waals surface area contributed by atoms with Gasteiger partial charge in [0.1, 0.15) is 11.5 Å². The quantitative estimate of drug-likeness (QED) is 0.178. The monoisotopic (exact) mass is 722 g/mol. The summed E-state index contributed by atoms with van der Waals surface area (Å²) in [6, 6.07) is 62.1. The number of para-hydroxylation sites is 3. The molecule has 0 radical (unpaired) electrons. The number of ether oxygens (including phenoxy) is 1. The number of nitrogens with zero attached hydrogens (tertiary/aromatic N) is 2. The molecule has 1 aliphatic heterocycles. The molecule has 0 saturated carbocycles. The van der Waals surface area contributed by atoms with Crippen LogP contribution in [-0.4, -0.2) is 9.13 Å². The Hall–Kier alpha value is -6.62. The molecule has 0 N–H and O–H groups in total. The van der Waals surface area contributed by atoms with Crippen molar-refractivity contribution in [3.05, 3.63) is 181 Å². The van der Waals surface area contributed by atoms with Gasteiger partial charge in [-0.1, -0.05) is 111 Å². The van der Waals surface area contributed by atoms with Crippen LogP contribution in [0.25, 0.3) is 86.3 Å². The van der Waals surface area contributed by atoms with E-state index in [2.05, 4.69) is 193 Å². The van der Waals surface area contributed by atoms with Crippen LogP contribution in [0.4, 0.5) is 0 Å². The van der Waals surface area contributed by atoms with Crippen LogP contribution in [0.15, 0.2) is 170 Å². The minimum absolute atomic E-state index is 0.219. The Morgan fingerprint density at radius 2 is 1.00 bits per heavy atom. The van der Waals surface area contributed by atoms with E-state index >= 15 is 0 Å². The molecule has 8 aromatic carbocycles. The maximum Gasteiger partial charge on any atom is 0.140 e. The fourth-order valence-corrected chi connectivity index (χ4v) is 10.4. The van der Waals surface area contributed by atoms with Gasteiger partial charge in [-0.3, -0.25) is 0 Å². The molecule has 0 bridgehead atoms. The van der Waals surface area contributed by atoms with Gasteiger partial charge in [0.25, 0.3) is 0 Å². The predicted octanol–water partition coefficient (Wildman–Crippen LogP) is 14.3. The SMILES string of the molecule is CC1(C)c2ccc(-n3c4ccccc4c4cc(-c5ccc6c(c5)c5ccccc5n6-c5ccccc5)ccc43)cc2Oc2c1ccc1sc3ccccc3c21. The van der Waals surface area contributed by atoms with Gasteiger partial charge in [0.05, 0.1) is 22.1 Å². The van der Waals surface area contributed by atoms with Crippen LogP contribution in [0.5, 0.6) is 11.5 Å². The summed E-state index contributed by atoms with van der Waals surface area (Å²) in [5.74, 6) is 1.91. The van der Waals surface area contributed by atoms with Gasteiger partial charge in [-0.25, -0.2) is 0 Å². The molecule has 11 aromatic rings. The molecule has 55 heavy (non-hydrogen) atoms. The Kier molecular flexibility index (Phi) is 6.27. The molecule has 0 aliphatic carbocycles. The van der Waals surface area contributed by atoms with Crippen LogP contribution in [0.3, 0.4) is 0 Å². The van der Waals surface area contributed by atoms with Crippen LogP contribution in [-0.2, 0) is 5.41 Å². The van der Waals surface area contributed by atoms with Crippen molar-refractivity contribution in [1.29, 1.82) is 0 Å². The van der Waals surface area contributed by atoms with Crippen molar-refractivity contribution in [2.45, 2.75) is 19.3 Å². The van der Waals surface area contributed by atoms with E-state index < -0.39 is 0 Å². The first-order valence-electron chi connectivity index (χ1n) is 18.9. The Bertz CT molecular complexity index is 3380. The molecule has 0 spiro atoms. The van der Waals surface area contributed by atoms with Gasteiger partial charge in [-0.05, 0) is 77.9 Å². The Morgan fingerprint density at radius 3 is 1.69 bits per heavy atom. The Balaban J connectivity index is 1.01. The maximum atomic E-state index is 7.02. The van der Waals surface area contributed by atoms with Gasteiger partial charge in [0, 0.05) is 75.7 Å². The molecule has 0 saturated heterocycles. The summed E-state index contributed by atoms with van der Waals surface area (Å²) in [7, 11) is 0. The normalized spacial score (nSPS) is 13.6. The molecule has 12 rings (SSSR count). The van der Waals surface area contributed by atoms with E-state index in [4.69, 9.17) is 4.74 Å². The molecule has 0 amide bonds. The molecule has 0 unspecified atom stereocenters. The summed E-state index contributed by atoms with van der Waals surface area (Å²) in [6.45, 7) is 4.65. The summed E-state index contributed by atoms with van der Waals surface area (Å²) in [5, 5.41) is 7.45. The molecule has 4 heterocycles. The summed E-state index contributed by atoms with van der Waals surface area (Å²) >= 11 is 1.83. The van der Waals surface area contributed by atoms with Crippen molar-refractivity contribution in [2.75, 3.05) is 0 Å². The summed E-state index contributed by atoms with van der Waals surface area (Å²) in [4.78, 5) is 0. The lowest BCUT2D eigenvalue weighted by molar-refractivity contribution is 0.423. The van der Waals surface area contributed by atoms with Gasteiger partial charge in [0.15, 0.2) is 0 Å². The molecule has 0 atom stereocenters. The van der Waals surface area contributed by atoms with Crippen molar-refractivity contribution < 1.29 is 4.74 Å². The van der Waals surface area contributed by atoms with E-state index in [0.717, 1.165) is 17.2 Å². The smallest absolute Gasteiger partial charge is 0.140 e.